The molecular formula is C29H27N3O7. The van der Waals surface area contributed by atoms with Gasteiger partial charge in [0, 0.05) is 23.7 Å². The molecule has 0 spiro atoms. The molecule has 1 amide bonds. The molecule has 0 fully saturated rings. The van der Waals surface area contributed by atoms with Crippen LogP contribution < -0.4 is 24.3 Å². The number of Topliss-reactive ketones (excluding diaryl/α,β-unsaturated/α-hetero) is 2. The highest BCUT2D eigenvalue weighted by Crippen LogP contribution is 2.30. The van der Waals surface area contributed by atoms with E-state index in [9.17, 15) is 14.4 Å². The summed E-state index contributed by atoms with van der Waals surface area (Å²) < 4.78 is 22.3. The number of carbonyl (C=O) groups excluding carboxylic acids is 3. The van der Waals surface area contributed by atoms with Crippen molar-refractivity contribution >= 4 is 23.4 Å². The molecule has 4 rings (SSSR count). The summed E-state index contributed by atoms with van der Waals surface area (Å²) in [5.74, 6) is 0.0816. The van der Waals surface area contributed by atoms with E-state index in [-0.39, 0.29) is 28.5 Å². The number of rotatable bonds is 10. The average Bonchev–Trinajstić information content (AvgIpc) is 3.31. The van der Waals surface area contributed by atoms with Crippen molar-refractivity contribution < 1.29 is 33.3 Å². The zero-order valence-electron chi connectivity index (χ0n) is 22.1. The topological polar surface area (TPSA) is 118 Å². The Morgan fingerprint density at radius 3 is 1.82 bits per heavy atom. The Balaban J connectivity index is 1.74. The first-order chi connectivity index (χ1) is 18.8. The van der Waals surface area contributed by atoms with Gasteiger partial charge < -0.3 is 23.5 Å². The van der Waals surface area contributed by atoms with Crippen molar-refractivity contribution in [1.29, 1.82) is 0 Å². The molecule has 0 radical (unpaired) electrons. The molecule has 0 aliphatic rings. The Hall–Kier alpha value is -5.12. The van der Waals surface area contributed by atoms with Gasteiger partial charge in [0.15, 0.2) is 11.5 Å². The number of hydrogen-bond donors (Lipinski definition) is 1. The molecule has 4 aromatic rings. The van der Waals surface area contributed by atoms with Crippen molar-refractivity contribution in [3.63, 3.8) is 0 Å². The zero-order valence-corrected chi connectivity index (χ0v) is 22.1. The smallest absolute Gasteiger partial charge is 0.258 e. The molecule has 200 valence electrons. The molecule has 0 aliphatic heterocycles. The van der Waals surface area contributed by atoms with E-state index >= 15 is 0 Å². The molecule has 1 heterocycles. The van der Waals surface area contributed by atoms with Gasteiger partial charge >= 0.3 is 0 Å². The minimum absolute atomic E-state index is 0.0172. The van der Waals surface area contributed by atoms with Crippen LogP contribution in [0, 0.1) is 0 Å². The quantitative estimate of drug-likeness (QED) is 0.237. The van der Waals surface area contributed by atoms with E-state index < -0.39 is 17.5 Å². The summed E-state index contributed by atoms with van der Waals surface area (Å²) in [6.45, 7) is 0. The fraction of sp³-hybridized carbons (Fsp3) is 0.172. The van der Waals surface area contributed by atoms with Crippen LogP contribution in [-0.4, -0.2) is 55.5 Å². The Kier molecular flexibility index (Phi) is 7.95. The molecule has 0 saturated carbocycles. The van der Waals surface area contributed by atoms with Crippen molar-refractivity contribution in [2.24, 2.45) is 7.05 Å². The van der Waals surface area contributed by atoms with Gasteiger partial charge in [-0.05, 0) is 66.7 Å². The zero-order chi connectivity index (χ0) is 28.1. The largest absolute Gasteiger partial charge is 0.497 e. The number of ether oxygens (including phenoxy) is 4. The Bertz CT molecular complexity index is 1520. The van der Waals surface area contributed by atoms with Gasteiger partial charge in [-0.3, -0.25) is 19.7 Å². The summed E-state index contributed by atoms with van der Waals surface area (Å²) in [6.07, 6.45) is 0. The van der Waals surface area contributed by atoms with Crippen LogP contribution in [0.4, 0.5) is 5.95 Å². The summed E-state index contributed by atoms with van der Waals surface area (Å²) in [5.41, 5.74) is 1.28. The molecule has 39 heavy (non-hydrogen) atoms. The maximum Gasteiger partial charge on any atom is 0.258 e. The van der Waals surface area contributed by atoms with Gasteiger partial charge in [-0.15, -0.1) is 0 Å². The van der Waals surface area contributed by atoms with E-state index in [1.807, 2.05) is 0 Å². The number of anilines is 1. The molecule has 1 N–H and O–H groups in total. The first kappa shape index (κ1) is 26.9. The van der Waals surface area contributed by atoms with E-state index in [4.69, 9.17) is 18.9 Å². The van der Waals surface area contributed by atoms with E-state index in [0.29, 0.717) is 28.6 Å². The fourth-order valence-electron chi connectivity index (χ4n) is 3.95. The van der Waals surface area contributed by atoms with Crippen LogP contribution in [0.1, 0.15) is 31.2 Å². The van der Waals surface area contributed by atoms with Crippen LogP contribution >= 0.6 is 0 Å². The van der Waals surface area contributed by atoms with E-state index in [1.54, 1.807) is 62.7 Å². The number of hydrogen-bond acceptors (Lipinski definition) is 8. The summed E-state index contributed by atoms with van der Waals surface area (Å²) >= 11 is 0. The van der Waals surface area contributed by atoms with Gasteiger partial charge in [0.2, 0.25) is 11.7 Å². The third-order valence-electron chi connectivity index (χ3n) is 6.10. The van der Waals surface area contributed by atoms with Crippen molar-refractivity contribution in [3.8, 4) is 34.3 Å². The molecule has 3 aromatic carbocycles. The highest BCUT2D eigenvalue weighted by atomic mass is 16.5. The Morgan fingerprint density at radius 1 is 0.692 bits per heavy atom. The number of imidazole rings is 1. The number of nitrogens with zero attached hydrogens (tertiary/aromatic N) is 2. The lowest BCUT2D eigenvalue weighted by molar-refractivity contribution is 0.0812. The van der Waals surface area contributed by atoms with Gasteiger partial charge in [0.1, 0.15) is 22.9 Å². The molecule has 1 aromatic heterocycles. The number of amides is 1. The van der Waals surface area contributed by atoms with Crippen LogP contribution in [0.25, 0.3) is 11.3 Å². The van der Waals surface area contributed by atoms with Gasteiger partial charge in [-0.2, -0.15) is 0 Å². The van der Waals surface area contributed by atoms with Gasteiger partial charge in [0.25, 0.3) is 11.7 Å². The molecule has 0 saturated heterocycles. The number of methoxy groups -OCH3 is 4. The van der Waals surface area contributed by atoms with Crippen LogP contribution in [0.15, 0.2) is 66.7 Å². The third-order valence-corrected chi connectivity index (χ3v) is 6.10. The van der Waals surface area contributed by atoms with E-state index in [1.165, 1.54) is 44.1 Å². The lowest BCUT2D eigenvalue weighted by atomic mass is 10.0. The average molecular weight is 530 g/mol. The molecular weight excluding hydrogens is 502 g/mol. The second-order valence-electron chi connectivity index (χ2n) is 8.33. The van der Waals surface area contributed by atoms with Crippen molar-refractivity contribution in [1.82, 2.24) is 9.55 Å². The lowest BCUT2D eigenvalue weighted by Crippen LogP contribution is -2.20. The van der Waals surface area contributed by atoms with Gasteiger partial charge in [-0.25, -0.2) is 4.98 Å². The van der Waals surface area contributed by atoms with Crippen LogP contribution in [-0.2, 0) is 7.05 Å². The highest BCUT2D eigenvalue weighted by molar-refractivity contribution is 6.49. The Labute approximate surface area is 225 Å². The molecule has 0 bridgehead atoms. The number of aromatic nitrogens is 2. The molecule has 0 atom stereocenters. The van der Waals surface area contributed by atoms with Crippen molar-refractivity contribution in [2.45, 2.75) is 0 Å². The maximum atomic E-state index is 13.6. The predicted octanol–water partition coefficient (Wildman–Crippen LogP) is 4.44. The van der Waals surface area contributed by atoms with Crippen molar-refractivity contribution in [2.75, 3.05) is 33.8 Å². The molecule has 0 unspecified atom stereocenters. The lowest BCUT2D eigenvalue weighted by Gasteiger charge is -2.10. The fourth-order valence-corrected chi connectivity index (χ4v) is 3.95. The number of ketones is 2. The maximum absolute atomic E-state index is 13.6. The molecule has 0 aliphatic carbocycles. The molecule has 10 nitrogen and oxygen atoms in total. The van der Waals surface area contributed by atoms with Crippen molar-refractivity contribution in [3.05, 3.63) is 83.6 Å². The second kappa shape index (κ2) is 11.5. The standard InChI is InChI=1S/C29H27N3O7/c1-32-25(27(34)26(33)18-8-13-21(37-3)14-9-18)24(17-6-11-20(36-2)12-7-17)30-29(32)31-28(35)19-10-15-22(38-4)23(16-19)39-5/h6-16H,1-5H3,(H,30,31,35). The summed E-state index contributed by atoms with van der Waals surface area (Å²) in [5, 5.41) is 2.73. The first-order valence-electron chi connectivity index (χ1n) is 11.8. The van der Waals surface area contributed by atoms with Crippen LogP contribution in [0.5, 0.6) is 23.0 Å². The predicted molar refractivity (Wildman–Crippen MR) is 144 cm³/mol. The van der Waals surface area contributed by atoms with Crippen LogP contribution in [0.3, 0.4) is 0 Å². The monoisotopic (exact) mass is 529 g/mol. The SMILES string of the molecule is COc1ccc(C(=O)C(=O)c2c(-c3ccc(OC)cc3)nc(NC(=O)c3ccc(OC)c(OC)c3)n2C)cc1. The van der Waals surface area contributed by atoms with Gasteiger partial charge in [0.05, 0.1) is 28.4 Å². The number of carbonyl (C=O) groups is 3. The number of benzene rings is 3. The second-order valence-corrected chi connectivity index (χ2v) is 8.33. The highest BCUT2D eigenvalue weighted by Gasteiger charge is 2.29. The van der Waals surface area contributed by atoms with E-state index in [2.05, 4.69) is 10.3 Å². The summed E-state index contributed by atoms with van der Waals surface area (Å²) in [6, 6.07) is 17.8. The van der Waals surface area contributed by atoms with Gasteiger partial charge in [-0.1, -0.05) is 0 Å². The molecule has 10 heteroatoms. The minimum Gasteiger partial charge on any atom is -0.497 e. The Morgan fingerprint density at radius 2 is 1.26 bits per heavy atom. The third kappa shape index (κ3) is 5.45. The van der Waals surface area contributed by atoms with E-state index in [0.717, 1.165) is 0 Å². The summed E-state index contributed by atoms with van der Waals surface area (Å²) in [4.78, 5) is 44.4. The number of nitrogens with one attached hydrogen (secondary N) is 1. The normalized spacial score (nSPS) is 10.5. The van der Waals surface area contributed by atoms with Crippen LogP contribution in [0.2, 0.25) is 0 Å². The summed E-state index contributed by atoms with van der Waals surface area (Å²) in [7, 11) is 7.57. The first-order valence-corrected chi connectivity index (χ1v) is 11.8. The minimum atomic E-state index is -0.785.